The zero-order valence-corrected chi connectivity index (χ0v) is 11.5. The Morgan fingerprint density at radius 1 is 1.67 bits per heavy atom. The number of hydrogen-bond donors (Lipinski definition) is 1. The molecule has 2 N–H and O–H groups in total. The predicted octanol–water partition coefficient (Wildman–Crippen LogP) is 1.26. The van der Waals surface area contributed by atoms with E-state index in [1.54, 1.807) is 18.4 Å². The van der Waals surface area contributed by atoms with Crippen LogP contribution in [0.1, 0.15) is 17.7 Å². The summed E-state index contributed by atoms with van der Waals surface area (Å²) in [5, 5.41) is 2.00. The van der Waals surface area contributed by atoms with E-state index in [0.29, 0.717) is 13.0 Å². The molecule has 1 aromatic heterocycles. The number of thiophene rings is 1. The van der Waals surface area contributed by atoms with E-state index in [2.05, 4.69) is 0 Å². The molecule has 2 atom stereocenters. The Kier molecular flexibility index (Phi) is 4.74. The molecule has 18 heavy (non-hydrogen) atoms. The highest BCUT2D eigenvalue weighted by molar-refractivity contribution is 7.10. The quantitative estimate of drug-likeness (QED) is 0.894. The van der Waals surface area contributed by atoms with Crippen molar-refractivity contribution < 1.29 is 9.53 Å². The normalized spacial score (nSPS) is 24.2. The average Bonchev–Trinajstić information content (AvgIpc) is 2.90. The number of amides is 1. The van der Waals surface area contributed by atoms with Gasteiger partial charge >= 0.3 is 0 Å². The Hall–Kier alpha value is -0.910. The molecular weight excluding hydrogens is 248 g/mol. The number of nitrogens with two attached hydrogens (primary N) is 1. The zero-order chi connectivity index (χ0) is 13.0. The number of hydrogen-bond acceptors (Lipinski definition) is 4. The molecule has 0 aromatic carbocycles. The van der Waals surface area contributed by atoms with E-state index in [1.807, 2.05) is 22.4 Å². The first-order valence-corrected chi connectivity index (χ1v) is 7.17. The van der Waals surface area contributed by atoms with Gasteiger partial charge in [0.2, 0.25) is 5.91 Å². The molecule has 5 heteroatoms. The third-order valence-electron chi connectivity index (χ3n) is 3.50. The maximum Gasteiger partial charge on any atom is 0.228 e. The summed E-state index contributed by atoms with van der Waals surface area (Å²) in [6, 6.07) is 4.10. The van der Waals surface area contributed by atoms with Gasteiger partial charge < -0.3 is 15.4 Å². The van der Waals surface area contributed by atoms with E-state index in [0.717, 1.165) is 24.3 Å². The molecule has 100 valence electrons. The van der Waals surface area contributed by atoms with E-state index in [-0.39, 0.29) is 18.1 Å². The lowest BCUT2D eigenvalue weighted by Gasteiger charge is -2.38. The van der Waals surface area contributed by atoms with Crippen LogP contribution in [0.5, 0.6) is 0 Å². The Balaban J connectivity index is 1.96. The van der Waals surface area contributed by atoms with Gasteiger partial charge in [0.1, 0.15) is 0 Å². The Morgan fingerprint density at radius 2 is 2.50 bits per heavy atom. The molecule has 4 nitrogen and oxygen atoms in total. The molecule has 2 rings (SSSR count). The maximum atomic E-state index is 12.3. The lowest BCUT2D eigenvalue weighted by Crippen LogP contribution is -2.51. The molecule has 0 spiro atoms. The highest BCUT2D eigenvalue weighted by Crippen LogP contribution is 2.21. The van der Waals surface area contributed by atoms with Crippen molar-refractivity contribution in [3.05, 3.63) is 22.4 Å². The summed E-state index contributed by atoms with van der Waals surface area (Å²) in [6.07, 6.45) is 2.49. The molecule has 0 aliphatic carbocycles. The van der Waals surface area contributed by atoms with Gasteiger partial charge in [-0.25, -0.2) is 0 Å². The van der Waals surface area contributed by atoms with Crippen molar-refractivity contribution in [1.29, 1.82) is 0 Å². The lowest BCUT2D eigenvalue weighted by molar-refractivity contribution is -0.136. The van der Waals surface area contributed by atoms with Gasteiger partial charge in [-0.2, -0.15) is 0 Å². The van der Waals surface area contributed by atoms with Crippen molar-refractivity contribution >= 4 is 17.2 Å². The van der Waals surface area contributed by atoms with Gasteiger partial charge in [0.25, 0.3) is 0 Å². The minimum absolute atomic E-state index is 0.121. The molecule has 1 aromatic rings. The summed E-state index contributed by atoms with van der Waals surface area (Å²) in [5.41, 5.74) is 5.77. The fourth-order valence-corrected chi connectivity index (χ4v) is 3.14. The van der Waals surface area contributed by atoms with E-state index in [4.69, 9.17) is 10.5 Å². The monoisotopic (exact) mass is 268 g/mol. The Morgan fingerprint density at radius 3 is 3.11 bits per heavy atom. The highest BCUT2D eigenvalue weighted by atomic mass is 32.1. The minimum Gasteiger partial charge on any atom is -0.381 e. The van der Waals surface area contributed by atoms with Gasteiger partial charge in [0.05, 0.1) is 12.5 Å². The van der Waals surface area contributed by atoms with E-state index >= 15 is 0 Å². The van der Waals surface area contributed by atoms with Crippen LogP contribution in [0.3, 0.4) is 0 Å². The minimum atomic E-state index is 0.121. The number of carbonyl (C=O) groups excluding carboxylic acids is 1. The first-order chi connectivity index (χ1) is 8.74. The van der Waals surface area contributed by atoms with Crippen LogP contribution in [0.15, 0.2) is 17.5 Å². The SMILES string of the molecule is COC1CCN(C(=O)Cc2cccs2)C(CN)C1. The Bertz CT molecular complexity index is 380. The largest absolute Gasteiger partial charge is 0.381 e. The highest BCUT2D eigenvalue weighted by Gasteiger charge is 2.30. The number of ether oxygens (including phenoxy) is 1. The van der Waals surface area contributed by atoms with Crippen molar-refractivity contribution in [3.63, 3.8) is 0 Å². The fraction of sp³-hybridized carbons (Fsp3) is 0.615. The molecule has 1 aliphatic rings. The van der Waals surface area contributed by atoms with Crippen LogP contribution in [-0.2, 0) is 16.0 Å². The van der Waals surface area contributed by atoms with Crippen LogP contribution >= 0.6 is 11.3 Å². The molecule has 2 heterocycles. The van der Waals surface area contributed by atoms with Gasteiger partial charge in [0, 0.05) is 31.1 Å². The van der Waals surface area contributed by atoms with Crippen LogP contribution in [0.2, 0.25) is 0 Å². The van der Waals surface area contributed by atoms with Crippen molar-refractivity contribution in [3.8, 4) is 0 Å². The van der Waals surface area contributed by atoms with Crippen LogP contribution in [0, 0.1) is 0 Å². The second-order valence-corrected chi connectivity index (χ2v) is 5.65. The van der Waals surface area contributed by atoms with Crippen molar-refractivity contribution in [2.24, 2.45) is 5.73 Å². The van der Waals surface area contributed by atoms with Crippen LogP contribution < -0.4 is 5.73 Å². The summed E-state index contributed by atoms with van der Waals surface area (Å²) in [4.78, 5) is 15.3. The number of rotatable bonds is 4. The molecule has 1 aliphatic heterocycles. The molecule has 0 bridgehead atoms. The van der Waals surface area contributed by atoms with Crippen molar-refractivity contribution in [1.82, 2.24) is 4.90 Å². The molecule has 2 unspecified atom stereocenters. The summed E-state index contributed by atoms with van der Waals surface area (Å²) in [7, 11) is 1.72. The van der Waals surface area contributed by atoms with Gasteiger partial charge in [-0.3, -0.25) is 4.79 Å². The number of piperidine rings is 1. The average molecular weight is 268 g/mol. The standard InChI is InChI=1S/C13H20N2O2S/c1-17-11-4-5-15(10(7-11)9-14)13(16)8-12-3-2-6-18-12/h2-3,6,10-11H,4-5,7-9,14H2,1H3. The van der Waals surface area contributed by atoms with Crippen molar-refractivity contribution in [2.45, 2.75) is 31.4 Å². The fourth-order valence-electron chi connectivity index (χ4n) is 2.44. The number of methoxy groups -OCH3 is 1. The summed E-state index contributed by atoms with van der Waals surface area (Å²) < 4.78 is 5.37. The van der Waals surface area contributed by atoms with Crippen LogP contribution in [-0.4, -0.2) is 43.2 Å². The summed E-state index contributed by atoms with van der Waals surface area (Å²) >= 11 is 1.63. The molecule has 1 saturated heterocycles. The molecule has 0 radical (unpaired) electrons. The number of nitrogens with zero attached hydrogens (tertiary/aromatic N) is 1. The second kappa shape index (κ2) is 6.31. The smallest absolute Gasteiger partial charge is 0.228 e. The van der Waals surface area contributed by atoms with Crippen molar-refractivity contribution in [2.75, 3.05) is 20.2 Å². The predicted molar refractivity (Wildman–Crippen MR) is 72.6 cm³/mol. The van der Waals surface area contributed by atoms with Gasteiger partial charge in [-0.05, 0) is 24.3 Å². The van der Waals surface area contributed by atoms with Gasteiger partial charge in [-0.1, -0.05) is 6.07 Å². The Labute approximate surface area is 112 Å². The lowest BCUT2D eigenvalue weighted by atomic mass is 9.99. The second-order valence-electron chi connectivity index (χ2n) is 4.61. The third-order valence-corrected chi connectivity index (χ3v) is 4.38. The number of likely N-dealkylation sites (tertiary alicyclic amines) is 1. The van der Waals surface area contributed by atoms with E-state index < -0.39 is 0 Å². The van der Waals surface area contributed by atoms with E-state index in [1.165, 1.54) is 0 Å². The molecule has 1 amide bonds. The first-order valence-electron chi connectivity index (χ1n) is 6.29. The number of carbonyl (C=O) groups is 1. The summed E-state index contributed by atoms with van der Waals surface area (Å²) in [6.45, 7) is 1.26. The maximum absolute atomic E-state index is 12.3. The zero-order valence-electron chi connectivity index (χ0n) is 10.7. The van der Waals surface area contributed by atoms with Crippen LogP contribution in [0.4, 0.5) is 0 Å². The molecule has 1 fully saturated rings. The van der Waals surface area contributed by atoms with Crippen LogP contribution in [0.25, 0.3) is 0 Å². The first kappa shape index (κ1) is 13.5. The van der Waals surface area contributed by atoms with Gasteiger partial charge in [-0.15, -0.1) is 11.3 Å². The topological polar surface area (TPSA) is 55.6 Å². The molecular formula is C13H20N2O2S. The van der Waals surface area contributed by atoms with E-state index in [9.17, 15) is 4.79 Å². The van der Waals surface area contributed by atoms with Gasteiger partial charge in [0.15, 0.2) is 0 Å². The summed E-state index contributed by atoms with van der Waals surface area (Å²) in [5.74, 6) is 0.183. The molecule has 0 saturated carbocycles. The third kappa shape index (κ3) is 3.10.